The van der Waals surface area contributed by atoms with Gasteiger partial charge in [-0.05, 0) is 17.5 Å². The van der Waals surface area contributed by atoms with E-state index in [1.54, 1.807) is 20.0 Å². The zero-order chi connectivity index (χ0) is 22.4. The molecule has 0 saturated heterocycles. The molecule has 1 heterocycles. The second-order valence-corrected chi connectivity index (χ2v) is 7.87. The van der Waals surface area contributed by atoms with Gasteiger partial charge in [0, 0.05) is 23.5 Å². The first-order chi connectivity index (χ1) is 14.1. The summed E-state index contributed by atoms with van der Waals surface area (Å²) in [6.07, 6.45) is 0.965. The van der Waals surface area contributed by atoms with Crippen LogP contribution >= 0.6 is 12.6 Å². The van der Waals surface area contributed by atoms with E-state index in [0.29, 0.717) is 5.56 Å². The Kier molecular flexibility index (Phi) is 7.87. The van der Waals surface area contributed by atoms with Crippen molar-refractivity contribution in [2.45, 2.75) is 44.0 Å². The van der Waals surface area contributed by atoms with Crippen LogP contribution in [0.3, 0.4) is 0 Å². The van der Waals surface area contributed by atoms with E-state index in [2.05, 4.69) is 28.2 Å². The molecule has 0 fully saturated rings. The van der Waals surface area contributed by atoms with Crippen molar-refractivity contribution in [1.82, 2.24) is 15.6 Å². The van der Waals surface area contributed by atoms with Crippen LogP contribution in [0, 0.1) is 5.92 Å². The van der Waals surface area contributed by atoms with E-state index in [1.165, 1.54) is 0 Å². The maximum atomic E-state index is 12.6. The molecular weight excluding hydrogens is 410 g/mol. The highest BCUT2D eigenvalue weighted by molar-refractivity contribution is 7.81. The number of carbonyl (C=O) groups is 4. The number of hydrogen-bond acceptors (Lipinski definition) is 5. The first-order valence-electron chi connectivity index (χ1n) is 9.38. The predicted octanol–water partition coefficient (Wildman–Crippen LogP) is 1.19. The number of fused-ring (bicyclic) bond motifs is 1. The number of amides is 2. The Morgan fingerprint density at radius 2 is 1.67 bits per heavy atom. The highest BCUT2D eigenvalue weighted by Gasteiger charge is 2.30. The van der Waals surface area contributed by atoms with Gasteiger partial charge < -0.3 is 25.8 Å². The fourth-order valence-electron chi connectivity index (χ4n) is 2.94. The monoisotopic (exact) mass is 435 g/mol. The highest BCUT2D eigenvalue weighted by atomic mass is 32.1. The van der Waals surface area contributed by atoms with Crippen molar-refractivity contribution in [2.75, 3.05) is 0 Å². The van der Waals surface area contributed by atoms with Crippen molar-refractivity contribution < 1.29 is 29.4 Å². The van der Waals surface area contributed by atoms with E-state index < -0.39 is 47.5 Å². The lowest BCUT2D eigenvalue weighted by atomic mass is 10.0. The molecule has 0 spiro atoms. The van der Waals surface area contributed by atoms with Crippen LogP contribution in [-0.2, 0) is 25.6 Å². The standard InChI is InChI=1S/C20H25N3O6S/c1-10(2)17(30)19(27)22-14(8-16(24)25)18(26)23-15(20(28)29)7-11-9-21-13-6-4-3-5-12(11)13/h3-6,9-10,14-15,17,21,30H,7-8H2,1-2H3,(H,22,27)(H,23,26)(H,24,25)(H,28,29). The quantitative estimate of drug-likeness (QED) is 0.309. The second kappa shape index (κ2) is 10.1. The molecule has 1 aromatic carbocycles. The molecule has 0 aliphatic carbocycles. The Balaban J connectivity index is 2.16. The molecule has 1 aromatic heterocycles. The first kappa shape index (κ1) is 23.3. The summed E-state index contributed by atoms with van der Waals surface area (Å²) in [6, 6.07) is 4.59. The number of benzene rings is 1. The molecule has 2 amide bonds. The van der Waals surface area contributed by atoms with Crippen LogP contribution in [0.5, 0.6) is 0 Å². The van der Waals surface area contributed by atoms with Gasteiger partial charge in [0.15, 0.2) is 0 Å². The SMILES string of the molecule is CC(C)C(S)C(=O)NC(CC(=O)O)C(=O)NC(Cc1c[nH]c2ccccc12)C(=O)O. The molecule has 3 atom stereocenters. The van der Waals surface area contributed by atoms with E-state index in [-0.39, 0.29) is 12.3 Å². The average Bonchev–Trinajstić information content (AvgIpc) is 3.08. The van der Waals surface area contributed by atoms with Crippen LogP contribution in [0.25, 0.3) is 10.9 Å². The number of nitrogens with one attached hydrogen (secondary N) is 3. The van der Waals surface area contributed by atoms with Crippen LogP contribution in [0.2, 0.25) is 0 Å². The van der Waals surface area contributed by atoms with Crippen LogP contribution in [0.15, 0.2) is 30.5 Å². The Bertz CT molecular complexity index is 942. The molecule has 30 heavy (non-hydrogen) atoms. The summed E-state index contributed by atoms with van der Waals surface area (Å²) in [5, 5.41) is 23.4. The summed E-state index contributed by atoms with van der Waals surface area (Å²) in [4.78, 5) is 50.8. The normalized spacial score (nSPS) is 14.1. The number of carboxylic acids is 2. The molecule has 3 unspecified atom stereocenters. The van der Waals surface area contributed by atoms with Gasteiger partial charge in [0.2, 0.25) is 11.8 Å². The lowest BCUT2D eigenvalue weighted by Crippen LogP contribution is -2.54. The Morgan fingerprint density at radius 3 is 2.27 bits per heavy atom. The summed E-state index contributed by atoms with van der Waals surface area (Å²) >= 11 is 4.16. The van der Waals surface area contributed by atoms with Gasteiger partial charge in [-0.2, -0.15) is 12.6 Å². The van der Waals surface area contributed by atoms with Gasteiger partial charge in [-0.25, -0.2) is 4.79 Å². The number of thiol groups is 1. The van der Waals surface area contributed by atoms with E-state index in [4.69, 9.17) is 5.11 Å². The molecule has 162 valence electrons. The van der Waals surface area contributed by atoms with Gasteiger partial charge in [0.05, 0.1) is 11.7 Å². The minimum atomic E-state index is -1.42. The predicted molar refractivity (Wildman–Crippen MR) is 113 cm³/mol. The number of hydrogen-bond donors (Lipinski definition) is 6. The minimum absolute atomic E-state index is 0.0139. The third kappa shape index (κ3) is 5.99. The topological polar surface area (TPSA) is 149 Å². The number of rotatable bonds is 10. The number of aromatic nitrogens is 1. The highest BCUT2D eigenvalue weighted by Crippen LogP contribution is 2.19. The summed E-state index contributed by atoms with van der Waals surface area (Å²) in [6.45, 7) is 3.51. The number of H-pyrrole nitrogens is 1. The van der Waals surface area contributed by atoms with Crippen molar-refractivity contribution >= 4 is 47.3 Å². The molecule has 5 N–H and O–H groups in total. The molecule has 0 aliphatic rings. The number of para-hydroxylation sites is 1. The zero-order valence-corrected chi connectivity index (χ0v) is 17.5. The lowest BCUT2D eigenvalue weighted by Gasteiger charge is -2.22. The molecule has 0 saturated carbocycles. The van der Waals surface area contributed by atoms with Crippen molar-refractivity contribution in [2.24, 2.45) is 5.92 Å². The van der Waals surface area contributed by atoms with Crippen molar-refractivity contribution in [3.8, 4) is 0 Å². The van der Waals surface area contributed by atoms with Crippen molar-refractivity contribution in [3.63, 3.8) is 0 Å². The third-order valence-electron chi connectivity index (χ3n) is 4.63. The van der Waals surface area contributed by atoms with Crippen molar-refractivity contribution in [1.29, 1.82) is 0 Å². The molecule has 10 heteroatoms. The Labute approximate surface area is 178 Å². The summed E-state index contributed by atoms with van der Waals surface area (Å²) in [5.74, 6) is -4.21. The van der Waals surface area contributed by atoms with Gasteiger partial charge in [-0.15, -0.1) is 0 Å². The minimum Gasteiger partial charge on any atom is -0.481 e. The number of carboxylic acid groups (broad SMARTS) is 2. The van der Waals surface area contributed by atoms with Crippen LogP contribution < -0.4 is 10.6 Å². The van der Waals surface area contributed by atoms with E-state index in [9.17, 15) is 24.3 Å². The van der Waals surface area contributed by atoms with E-state index >= 15 is 0 Å². The van der Waals surface area contributed by atoms with E-state index in [0.717, 1.165) is 10.9 Å². The van der Waals surface area contributed by atoms with Crippen LogP contribution in [0.1, 0.15) is 25.8 Å². The van der Waals surface area contributed by atoms with Gasteiger partial charge in [0.25, 0.3) is 0 Å². The molecule has 0 radical (unpaired) electrons. The second-order valence-electron chi connectivity index (χ2n) is 7.31. The van der Waals surface area contributed by atoms with E-state index in [1.807, 2.05) is 24.3 Å². The lowest BCUT2D eigenvalue weighted by molar-refractivity contribution is -0.143. The molecule has 0 aliphatic heterocycles. The molecule has 2 aromatic rings. The average molecular weight is 436 g/mol. The van der Waals surface area contributed by atoms with Gasteiger partial charge in [-0.1, -0.05) is 32.0 Å². The maximum absolute atomic E-state index is 12.6. The summed E-state index contributed by atoms with van der Waals surface area (Å²) in [7, 11) is 0. The zero-order valence-electron chi connectivity index (χ0n) is 16.6. The third-order valence-corrected chi connectivity index (χ3v) is 5.46. The first-order valence-corrected chi connectivity index (χ1v) is 9.90. The van der Waals surface area contributed by atoms with Gasteiger partial charge in [-0.3, -0.25) is 14.4 Å². The summed E-state index contributed by atoms with van der Waals surface area (Å²) < 4.78 is 0. The fourth-order valence-corrected chi connectivity index (χ4v) is 3.01. The number of aromatic amines is 1. The summed E-state index contributed by atoms with van der Waals surface area (Å²) in [5.41, 5.74) is 1.51. The molecule has 2 rings (SSSR count). The largest absolute Gasteiger partial charge is 0.481 e. The Morgan fingerprint density at radius 1 is 1.03 bits per heavy atom. The maximum Gasteiger partial charge on any atom is 0.326 e. The van der Waals surface area contributed by atoms with Crippen LogP contribution in [0.4, 0.5) is 0 Å². The van der Waals surface area contributed by atoms with Gasteiger partial charge >= 0.3 is 11.9 Å². The van der Waals surface area contributed by atoms with Gasteiger partial charge in [0.1, 0.15) is 12.1 Å². The van der Waals surface area contributed by atoms with Crippen LogP contribution in [-0.4, -0.2) is 56.3 Å². The smallest absolute Gasteiger partial charge is 0.326 e. The molecular formula is C20H25N3O6S. The number of aliphatic carboxylic acids is 2. The fraction of sp³-hybridized carbons (Fsp3) is 0.400. The van der Waals surface area contributed by atoms with Crippen molar-refractivity contribution in [3.05, 3.63) is 36.0 Å². The molecule has 9 nitrogen and oxygen atoms in total. The Hall–Kier alpha value is -3.01. The number of carbonyl (C=O) groups excluding carboxylic acids is 2. The molecule has 0 bridgehead atoms.